The Bertz CT molecular complexity index is 1160. The summed E-state index contributed by atoms with van der Waals surface area (Å²) >= 11 is 2.86. The Morgan fingerprint density at radius 1 is 1.24 bits per heavy atom. The van der Waals surface area contributed by atoms with Crippen molar-refractivity contribution in [1.29, 1.82) is 0 Å². The number of thiophene rings is 1. The van der Waals surface area contributed by atoms with E-state index in [4.69, 9.17) is 4.74 Å². The van der Waals surface area contributed by atoms with E-state index in [1.54, 1.807) is 6.92 Å². The van der Waals surface area contributed by atoms with E-state index in [0.717, 1.165) is 41.1 Å². The van der Waals surface area contributed by atoms with Gasteiger partial charge in [0.05, 0.1) is 23.6 Å². The molecule has 0 radical (unpaired) electrons. The number of benzene rings is 1. The van der Waals surface area contributed by atoms with Crippen LogP contribution in [0, 0.1) is 12.8 Å². The molecule has 0 fully saturated rings. The summed E-state index contributed by atoms with van der Waals surface area (Å²) in [6.45, 7) is 6.16. The third-order valence-corrected chi connectivity index (χ3v) is 7.56. The van der Waals surface area contributed by atoms with Gasteiger partial charge in [-0.3, -0.25) is 4.79 Å². The summed E-state index contributed by atoms with van der Waals surface area (Å²) in [6.07, 6.45) is 2.81. The number of carbonyl (C=O) groups excluding carboxylic acids is 2. The molecular formula is C25H27N3O3S2. The first-order valence-electron chi connectivity index (χ1n) is 11.1. The standard InChI is InChI=1S/C25H27N3O3S2/c1-4-31-25(30)23-18-11-10-15(2)12-20(18)33-24(23)28-21(29)14-32-22-13-19(26-16(3)27-22)17-8-6-5-7-9-17/h5-9,13,15H,4,10-12,14H2,1-3H3,(H,28,29). The van der Waals surface area contributed by atoms with Crippen LogP contribution in [0.25, 0.3) is 11.3 Å². The van der Waals surface area contributed by atoms with Gasteiger partial charge in [-0.15, -0.1) is 11.3 Å². The molecule has 1 unspecified atom stereocenters. The fourth-order valence-corrected chi connectivity index (χ4v) is 6.09. The second-order valence-corrected chi connectivity index (χ2v) is 10.2. The lowest BCUT2D eigenvalue weighted by molar-refractivity contribution is -0.113. The molecule has 2 aromatic heterocycles. The van der Waals surface area contributed by atoms with Crippen LogP contribution in [-0.2, 0) is 22.4 Å². The van der Waals surface area contributed by atoms with Crippen LogP contribution in [0.15, 0.2) is 41.4 Å². The summed E-state index contributed by atoms with van der Waals surface area (Å²) < 4.78 is 5.29. The summed E-state index contributed by atoms with van der Waals surface area (Å²) in [4.78, 5) is 35.6. The lowest BCUT2D eigenvalue weighted by Gasteiger charge is -2.18. The topological polar surface area (TPSA) is 81.2 Å². The molecule has 1 atom stereocenters. The Morgan fingerprint density at radius 3 is 2.79 bits per heavy atom. The molecule has 1 aromatic carbocycles. The van der Waals surface area contributed by atoms with Gasteiger partial charge in [0.25, 0.3) is 0 Å². The summed E-state index contributed by atoms with van der Waals surface area (Å²) in [5.41, 5.74) is 3.41. The molecule has 3 aromatic rings. The van der Waals surface area contributed by atoms with Crippen LogP contribution < -0.4 is 5.32 Å². The molecule has 0 saturated carbocycles. The Kier molecular flexibility index (Phi) is 7.45. The zero-order valence-corrected chi connectivity index (χ0v) is 20.6. The van der Waals surface area contributed by atoms with Crippen molar-refractivity contribution in [3.8, 4) is 11.3 Å². The molecule has 6 nitrogen and oxygen atoms in total. The SMILES string of the molecule is CCOC(=O)c1c(NC(=O)CSc2cc(-c3ccccc3)nc(C)n2)sc2c1CCC(C)C2. The second-order valence-electron chi connectivity index (χ2n) is 8.12. The first kappa shape index (κ1) is 23.4. The van der Waals surface area contributed by atoms with Crippen molar-refractivity contribution in [3.05, 3.63) is 58.2 Å². The van der Waals surface area contributed by atoms with Gasteiger partial charge in [-0.1, -0.05) is 49.0 Å². The van der Waals surface area contributed by atoms with E-state index in [9.17, 15) is 9.59 Å². The molecule has 0 saturated heterocycles. The molecule has 4 rings (SSSR count). The van der Waals surface area contributed by atoms with Gasteiger partial charge in [0.15, 0.2) is 0 Å². The minimum atomic E-state index is -0.355. The molecule has 2 heterocycles. The number of thioether (sulfide) groups is 1. The predicted molar refractivity (Wildman–Crippen MR) is 133 cm³/mol. The molecule has 1 amide bonds. The number of aryl methyl sites for hydroxylation is 1. The van der Waals surface area contributed by atoms with Crippen LogP contribution >= 0.6 is 23.1 Å². The van der Waals surface area contributed by atoms with Gasteiger partial charge in [0.2, 0.25) is 5.91 Å². The number of hydrogen-bond donors (Lipinski definition) is 1. The van der Waals surface area contributed by atoms with Gasteiger partial charge < -0.3 is 10.1 Å². The normalized spacial score (nSPS) is 15.1. The van der Waals surface area contributed by atoms with Gasteiger partial charge >= 0.3 is 5.97 Å². The zero-order valence-electron chi connectivity index (χ0n) is 19.0. The van der Waals surface area contributed by atoms with Crippen molar-refractivity contribution in [1.82, 2.24) is 9.97 Å². The quantitative estimate of drug-likeness (QED) is 0.271. The van der Waals surface area contributed by atoms with Crippen molar-refractivity contribution in [2.24, 2.45) is 5.92 Å². The molecule has 172 valence electrons. The first-order chi connectivity index (χ1) is 15.9. The molecular weight excluding hydrogens is 454 g/mol. The fraction of sp³-hybridized carbons (Fsp3) is 0.360. The van der Waals surface area contributed by atoms with Crippen molar-refractivity contribution >= 4 is 40.0 Å². The Morgan fingerprint density at radius 2 is 2.03 bits per heavy atom. The van der Waals surface area contributed by atoms with Crippen molar-refractivity contribution in [2.75, 3.05) is 17.7 Å². The second kappa shape index (κ2) is 10.5. The number of amides is 1. The number of hydrogen-bond acceptors (Lipinski definition) is 7. The van der Waals surface area contributed by atoms with Crippen LogP contribution in [-0.4, -0.2) is 34.2 Å². The summed E-state index contributed by atoms with van der Waals surface area (Å²) in [5, 5.41) is 4.30. The molecule has 8 heteroatoms. The highest BCUT2D eigenvalue weighted by Crippen LogP contribution is 2.40. The van der Waals surface area contributed by atoms with Crippen LogP contribution in [0.3, 0.4) is 0 Å². The maximum Gasteiger partial charge on any atom is 0.341 e. The maximum atomic E-state index is 12.8. The van der Waals surface area contributed by atoms with E-state index >= 15 is 0 Å². The summed E-state index contributed by atoms with van der Waals surface area (Å²) in [6, 6.07) is 11.8. The maximum absolute atomic E-state index is 12.8. The van der Waals surface area contributed by atoms with E-state index in [-0.39, 0.29) is 17.6 Å². The van der Waals surface area contributed by atoms with Gasteiger partial charge in [-0.05, 0) is 50.7 Å². The number of anilines is 1. The smallest absolute Gasteiger partial charge is 0.341 e. The average Bonchev–Trinajstić information content (AvgIpc) is 3.15. The first-order valence-corrected chi connectivity index (χ1v) is 12.9. The lowest BCUT2D eigenvalue weighted by atomic mass is 9.88. The molecule has 0 spiro atoms. The van der Waals surface area contributed by atoms with Gasteiger partial charge in [0, 0.05) is 10.4 Å². The van der Waals surface area contributed by atoms with Crippen molar-refractivity contribution in [2.45, 2.75) is 45.1 Å². The highest BCUT2D eigenvalue weighted by atomic mass is 32.2. The third-order valence-electron chi connectivity index (χ3n) is 5.48. The summed E-state index contributed by atoms with van der Waals surface area (Å²) in [5.74, 6) is 0.890. The number of rotatable bonds is 7. The molecule has 33 heavy (non-hydrogen) atoms. The number of esters is 1. The minimum Gasteiger partial charge on any atom is -0.462 e. The number of carbonyl (C=O) groups is 2. The van der Waals surface area contributed by atoms with E-state index < -0.39 is 0 Å². The van der Waals surface area contributed by atoms with Gasteiger partial charge in [0.1, 0.15) is 15.9 Å². The molecule has 1 aliphatic carbocycles. The van der Waals surface area contributed by atoms with E-state index in [0.29, 0.717) is 28.9 Å². The average molecular weight is 482 g/mol. The molecule has 0 bridgehead atoms. The minimum absolute atomic E-state index is 0.172. The summed E-state index contributed by atoms with van der Waals surface area (Å²) in [7, 11) is 0. The van der Waals surface area contributed by atoms with Crippen LogP contribution in [0.4, 0.5) is 5.00 Å². The van der Waals surface area contributed by atoms with E-state index in [1.165, 1.54) is 28.0 Å². The molecule has 1 N–H and O–H groups in total. The largest absolute Gasteiger partial charge is 0.462 e. The van der Waals surface area contributed by atoms with Crippen molar-refractivity contribution in [3.63, 3.8) is 0 Å². The molecule has 1 aliphatic rings. The number of fused-ring (bicyclic) bond motifs is 1. The van der Waals surface area contributed by atoms with E-state index in [2.05, 4.69) is 22.2 Å². The van der Waals surface area contributed by atoms with Crippen molar-refractivity contribution < 1.29 is 14.3 Å². The fourth-order valence-electron chi connectivity index (χ4n) is 3.93. The third kappa shape index (κ3) is 5.62. The predicted octanol–water partition coefficient (Wildman–Crippen LogP) is 5.55. The van der Waals surface area contributed by atoms with Crippen LogP contribution in [0.2, 0.25) is 0 Å². The lowest BCUT2D eigenvalue weighted by Crippen LogP contribution is -2.17. The van der Waals surface area contributed by atoms with E-state index in [1.807, 2.05) is 43.3 Å². The number of nitrogens with zero attached hydrogens (tertiary/aromatic N) is 2. The monoisotopic (exact) mass is 481 g/mol. The van der Waals surface area contributed by atoms with Gasteiger partial charge in [-0.2, -0.15) is 0 Å². The Balaban J connectivity index is 1.49. The Hall–Kier alpha value is -2.71. The number of nitrogens with one attached hydrogen (secondary N) is 1. The number of ether oxygens (including phenoxy) is 1. The highest BCUT2D eigenvalue weighted by Gasteiger charge is 2.29. The molecule has 0 aliphatic heterocycles. The van der Waals surface area contributed by atoms with Crippen LogP contribution in [0.1, 0.15) is 46.9 Å². The van der Waals surface area contributed by atoms with Gasteiger partial charge in [-0.25, -0.2) is 14.8 Å². The Labute approximate surface area is 202 Å². The van der Waals surface area contributed by atoms with Crippen LogP contribution in [0.5, 0.6) is 0 Å². The zero-order chi connectivity index (χ0) is 23.4. The number of aromatic nitrogens is 2. The highest BCUT2D eigenvalue weighted by molar-refractivity contribution is 7.99.